The maximum atomic E-state index is 10.1. The lowest BCUT2D eigenvalue weighted by Crippen LogP contribution is -2.51. The molecule has 0 radical (unpaired) electrons. The zero-order valence-electron chi connectivity index (χ0n) is 14.2. The van der Waals surface area contributed by atoms with Gasteiger partial charge >= 0.3 is 0 Å². The predicted octanol–water partition coefficient (Wildman–Crippen LogP) is 4.66. The van der Waals surface area contributed by atoms with Gasteiger partial charge in [0.1, 0.15) is 5.75 Å². The molecule has 3 heteroatoms. The molecule has 0 saturated carbocycles. The lowest BCUT2D eigenvalue weighted by Gasteiger charge is -2.45. The summed E-state index contributed by atoms with van der Waals surface area (Å²) in [6.07, 6.45) is 5.48. The van der Waals surface area contributed by atoms with Crippen LogP contribution in [0.5, 0.6) is 5.75 Å². The molecule has 23 heavy (non-hydrogen) atoms. The van der Waals surface area contributed by atoms with E-state index in [1.54, 1.807) is 0 Å². The van der Waals surface area contributed by atoms with Crippen LogP contribution in [0.1, 0.15) is 42.7 Å². The van der Waals surface area contributed by atoms with Crippen molar-refractivity contribution in [1.29, 1.82) is 0 Å². The second-order valence-electron chi connectivity index (χ2n) is 6.90. The van der Waals surface area contributed by atoms with E-state index in [0.29, 0.717) is 5.75 Å². The van der Waals surface area contributed by atoms with Gasteiger partial charge in [-0.3, -0.25) is 4.90 Å². The third-order valence-electron chi connectivity index (χ3n) is 5.20. The van der Waals surface area contributed by atoms with E-state index in [9.17, 15) is 5.11 Å². The van der Waals surface area contributed by atoms with Gasteiger partial charge in [-0.2, -0.15) is 0 Å². The molecule has 0 unspecified atom stereocenters. The number of phenolic OH excluding ortho intramolecular Hbond substituents is 1. The monoisotopic (exact) mass is 329 g/mol. The van der Waals surface area contributed by atoms with Crippen LogP contribution in [0.25, 0.3) is 0 Å². The Hall–Kier alpha value is -1.32. The summed E-state index contributed by atoms with van der Waals surface area (Å²) < 4.78 is 0. The zero-order valence-corrected chi connectivity index (χ0v) is 15.0. The smallest absolute Gasteiger partial charge is 0.119 e. The summed E-state index contributed by atoms with van der Waals surface area (Å²) in [4.78, 5) is 4.16. The zero-order chi connectivity index (χ0) is 16.3. The molecule has 1 N–H and O–H groups in total. The Morgan fingerprint density at radius 2 is 2.09 bits per heavy atom. The Bertz CT molecular complexity index is 637. The van der Waals surface area contributed by atoms with Crippen LogP contribution >= 0.6 is 11.3 Å². The SMILES string of the molecule is CCCN(CCc1cccs1)[C@]1(C)CCc2c(O)cccc2C1. The van der Waals surface area contributed by atoms with Gasteiger partial charge in [0.2, 0.25) is 0 Å². The molecule has 0 fully saturated rings. The topological polar surface area (TPSA) is 23.5 Å². The molecule has 1 heterocycles. The summed E-state index contributed by atoms with van der Waals surface area (Å²) in [5.74, 6) is 0.477. The van der Waals surface area contributed by atoms with Crippen LogP contribution in [0.2, 0.25) is 0 Å². The number of nitrogens with zero attached hydrogens (tertiary/aromatic N) is 1. The number of aromatic hydroxyl groups is 1. The number of benzene rings is 1. The molecule has 2 nitrogen and oxygen atoms in total. The molecule has 1 aromatic heterocycles. The molecule has 0 aliphatic heterocycles. The Labute approximate surface area is 143 Å². The maximum Gasteiger partial charge on any atom is 0.119 e. The molecular formula is C20H27NOS. The van der Waals surface area contributed by atoms with Crippen LogP contribution in [-0.4, -0.2) is 28.6 Å². The third-order valence-corrected chi connectivity index (χ3v) is 6.13. The second-order valence-corrected chi connectivity index (χ2v) is 7.94. The first kappa shape index (κ1) is 16.5. The van der Waals surface area contributed by atoms with Crippen molar-refractivity contribution >= 4 is 11.3 Å². The molecule has 1 atom stereocenters. The largest absolute Gasteiger partial charge is 0.508 e. The molecule has 1 aromatic carbocycles. The minimum absolute atomic E-state index is 0.202. The molecule has 0 bridgehead atoms. The van der Waals surface area contributed by atoms with E-state index >= 15 is 0 Å². The van der Waals surface area contributed by atoms with Crippen molar-refractivity contribution in [1.82, 2.24) is 4.90 Å². The van der Waals surface area contributed by atoms with Crippen molar-refractivity contribution in [3.05, 3.63) is 51.7 Å². The summed E-state index contributed by atoms with van der Waals surface area (Å²) in [6.45, 7) is 6.95. The van der Waals surface area contributed by atoms with Crippen LogP contribution < -0.4 is 0 Å². The van der Waals surface area contributed by atoms with Crippen LogP contribution in [0.3, 0.4) is 0 Å². The van der Waals surface area contributed by atoms with Crippen LogP contribution in [0, 0.1) is 0 Å². The highest BCUT2D eigenvalue weighted by Crippen LogP contribution is 2.37. The van der Waals surface area contributed by atoms with Gasteiger partial charge in [-0.15, -0.1) is 11.3 Å². The fourth-order valence-electron chi connectivity index (χ4n) is 3.86. The summed E-state index contributed by atoms with van der Waals surface area (Å²) in [7, 11) is 0. The average molecular weight is 330 g/mol. The molecular weight excluding hydrogens is 302 g/mol. The second kappa shape index (κ2) is 7.06. The van der Waals surface area contributed by atoms with Crippen LogP contribution in [0.4, 0.5) is 0 Å². The Morgan fingerprint density at radius 1 is 1.22 bits per heavy atom. The van der Waals surface area contributed by atoms with Crippen molar-refractivity contribution in [2.24, 2.45) is 0 Å². The van der Waals surface area contributed by atoms with Gasteiger partial charge in [0.05, 0.1) is 0 Å². The first-order valence-corrected chi connectivity index (χ1v) is 9.57. The lowest BCUT2D eigenvalue weighted by atomic mass is 9.77. The van der Waals surface area contributed by atoms with Crippen LogP contribution in [-0.2, 0) is 19.3 Å². The fraction of sp³-hybridized carbons (Fsp3) is 0.500. The summed E-state index contributed by atoms with van der Waals surface area (Å²) in [5, 5.41) is 12.3. The number of fused-ring (bicyclic) bond motifs is 1. The summed E-state index contributed by atoms with van der Waals surface area (Å²) >= 11 is 1.86. The lowest BCUT2D eigenvalue weighted by molar-refractivity contribution is 0.0894. The maximum absolute atomic E-state index is 10.1. The summed E-state index contributed by atoms with van der Waals surface area (Å²) in [6, 6.07) is 10.4. The van der Waals surface area contributed by atoms with Crippen LogP contribution in [0.15, 0.2) is 35.7 Å². The van der Waals surface area contributed by atoms with Gasteiger partial charge in [-0.05, 0) is 74.2 Å². The van der Waals surface area contributed by atoms with E-state index < -0.39 is 0 Å². The van der Waals surface area contributed by atoms with E-state index in [1.165, 1.54) is 22.4 Å². The Kier molecular flexibility index (Phi) is 5.08. The highest BCUT2D eigenvalue weighted by Gasteiger charge is 2.35. The van der Waals surface area contributed by atoms with Gasteiger partial charge in [-0.1, -0.05) is 25.1 Å². The van der Waals surface area contributed by atoms with Gasteiger partial charge in [0.25, 0.3) is 0 Å². The van der Waals surface area contributed by atoms with Gasteiger partial charge in [0, 0.05) is 17.0 Å². The number of thiophene rings is 1. The average Bonchev–Trinajstić information content (AvgIpc) is 3.04. The first-order chi connectivity index (χ1) is 11.1. The summed E-state index contributed by atoms with van der Waals surface area (Å²) in [5.41, 5.74) is 2.70. The van der Waals surface area contributed by atoms with E-state index in [-0.39, 0.29) is 5.54 Å². The van der Waals surface area contributed by atoms with Crippen molar-refractivity contribution in [3.8, 4) is 5.75 Å². The van der Waals surface area contributed by atoms with E-state index in [4.69, 9.17) is 0 Å². The number of hydrogen-bond acceptors (Lipinski definition) is 3. The molecule has 124 valence electrons. The molecule has 0 amide bonds. The molecule has 0 spiro atoms. The number of phenols is 1. The van der Waals surface area contributed by atoms with E-state index in [2.05, 4.69) is 42.3 Å². The van der Waals surface area contributed by atoms with Crippen molar-refractivity contribution < 1.29 is 5.11 Å². The normalized spacial score (nSPS) is 20.7. The fourth-order valence-corrected chi connectivity index (χ4v) is 4.56. The van der Waals surface area contributed by atoms with Gasteiger partial charge in [0.15, 0.2) is 0 Å². The van der Waals surface area contributed by atoms with Crippen molar-refractivity contribution in [3.63, 3.8) is 0 Å². The molecule has 1 aliphatic rings. The van der Waals surface area contributed by atoms with E-state index in [1.807, 2.05) is 23.5 Å². The number of hydrogen-bond donors (Lipinski definition) is 1. The quantitative estimate of drug-likeness (QED) is 0.833. The third kappa shape index (κ3) is 3.61. The predicted molar refractivity (Wildman–Crippen MR) is 98.4 cm³/mol. The Balaban J connectivity index is 1.75. The Morgan fingerprint density at radius 3 is 2.83 bits per heavy atom. The standard InChI is InChI=1S/C20H27NOS/c1-3-12-21(13-10-17-7-5-14-23-17)20(2)11-9-18-16(15-20)6-4-8-19(18)22/h4-8,14,22H,3,9-13,15H2,1-2H3/t20-/m1/s1. The molecule has 3 rings (SSSR count). The minimum Gasteiger partial charge on any atom is -0.508 e. The minimum atomic E-state index is 0.202. The molecule has 1 aliphatic carbocycles. The first-order valence-electron chi connectivity index (χ1n) is 8.69. The highest BCUT2D eigenvalue weighted by atomic mass is 32.1. The van der Waals surface area contributed by atoms with Crippen molar-refractivity contribution in [2.45, 2.75) is 51.5 Å². The van der Waals surface area contributed by atoms with Crippen molar-refractivity contribution in [2.75, 3.05) is 13.1 Å². The van der Waals surface area contributed by atoms with E-state index in [0.717, 1.165) is 38.8 Å². The molecule has 2 aromatic rings. The van der Waals surface area contributed by atoms with Gasteiger partial charge < -0.3 is 5.11 Å². The highest BCUT2D eigenvalue weighted by molar-refractivity contribution is 7.09. The van der Waals surface area contributed by atoms with Gasteiger partial charge in [-0.25, -0.2) is 0 Å². The molecule has 0 saturated heterocycles. The number of rotatable bonds is 6.